The maximum atomic E-state index is 6.02. The highest BCUT2D eigenvalue weighted by molar-refractivity contribution is 6.30. The first-order valence-corrected chi connectivity index (χ1v) is 6.99. The Morgan fingerprint density at radius 2 is 1.95 bits per heavy atom. The number of rotatable bonds is 5. The number of hydrogen-bond donors (Lipinski definition) is 2. The third kappa shape index (κ3) is 3.12. The molecule has 0 spiro atoms. The summed E-state index contributed by atoms with van der Waals surface area (Å²) in [6.45, 7) is 4.61. The van der Waals surface area contributed by atoms with E-state index in [1.807, 2.05) is 56.3 Å². The Morgan fingerprint density at radius 3 is 2.60 bits per heavy atom. The molecule has 0 saturated carbocycles. The van der Waals surface area contributed by atoms with E-state index in [-0.39, 0.29) is 6.04 Å². The van der Waals surface area contributed by atoms with Crippen LogP contribution in [-0.4, -0.2) is 6.61 Å². The predicted molar refractivity (Wildman–Crippen MR) is 83.0 cm³/mol. The second kappa shape index (κ2) is 6.75. The molecule has 3 nitrogen and oxygen atoms in total. The first-order valence-electron chi connectivity index (χ1n) is 6.61. The van der Waals surface area contributed by atoms with Gasteiger partial charge in [-0.2, -0.15) is 0 Å². The zero-order valence-electron chi connectivity index (χ0n) is 11.7. The Bertz CT molecular complexity index is 586. The van der Waals surface area contributed by atoms with Gasteiger partial charge < -0.3 is 4.74 Å². The third-order valence-corrected chi connectivity index (χ3v) is 3.47. The number of para-hydroxylation sites is 1. The summed E-state index contributed by atoms with van der Waals surface area (Å²) in [7, 11) is 0. The molecule has 0 heterocycles. The van der Waals surface area contributed by atoms with Gasteiger partial charge in [0.1, 0.15) is 5.75 Å². The summed E-state index contributed by atoms with van der Waals surface area (Å²) in [4.78, 5) is 0. The number of halogens is 1. The molecule has 0 saturated heterocycles. The molecule has 2 rings (SSSR count). The van der Waals surface area contributed by atoms with Gasteiger partial charge in [0, 0.05) is 10.6 Å². The summed E-state index contributed by atoms with van der Waals surface area (Å²) in [5, 5.41) is 0.722. The van der Waals surface area contributed by atoms with E-state index in [4.69, 9.17) is 22.2 Å². The first kappa shape index (κ1) is 14.9. The summed E-state index contributed by atoms with van der Waals surface area (Å²) >= 11 is 6.02. The molecular formula is C16H19ClN2O. The van der Waals surface area contributed by atoms with Gasteiger partial charge in [0.05, 0.1) is 12.6 Å². The Balaban J connectivity index is 2.47. The molecule has 3 N–H and O–H groups in total. The van der Waals surface area contributed by atoms with Crippen molar-refractivity contribution in [2.45, 2.75) is 19.9 Å². The number of nitrogens with one attached hydrogen (secondary N) is 1. The first-order chi connectivity index (χ1) is 9.67. The monoisotopic (exact) mass is 290 g/mol. The molecule has 0 radical (unpaired) electrons. The summed E-state index contributed by atoms with van der Waals surface area (Å²) in [5.74, 6) is 6.61. The molecule has 1 atom stereocenters. The largest absolute Gasteiger partial charge is 0.494 e. The van der Waals surface area contributed by atoms with Crippen molar-refractivity contribution in [1.82, 2.24) is 5.43 Å². The van der Waals surface area contributed by atoms with Crippen LogP contribution in [0.2, 0.25) is 5.02 Å². The van der Waals surface area contributed by atoms with E-state index < -0.39 is 0 Å². The summed E-state index contributed by atoms with van der Waals surface area (Å²) < 4.78 is 5.68. The molecule has 20 heavy (non-hydrogen) atoms. The van der Waals surface area contributed by atoms with Crippen molar-refractivity contribution >= 4 is 11.6 Å². The van der Waals surface area contributed by atoms with Gasteiger partial charge in [-0.3, -0.25) is 5.84 Å². The minimum absolute atomic E-state index is 0.130. The van der Waals surface area contributed by atoms with Gasteiger partial charge in [0.25, 0.3) is 0 Å². The van der Waals surface area contributed by atoms with Crippen LogP contribution in [0.1, 0.15) is 29.7 Å². The van der Waals surface area contributed by atoms with E-state index in [2.05, 4.69) is 5.43 Å². The zero-order valence-corrected chi connectivity index (χ0v) is 12.4. The molecule has 0 aliphatic heterocycles. The van der Waals surface area contributed by atoms with Gasteiger partial charge in [-0.1, -0.05) is 35.9 Å². The Kier molecular flexibility index (Phi) is 5.01. The van der Waals surface area contributed by atoms with Crippen molar-refractivity contribution in [3.63, 3.8) is 0 Å². The van der Waals surface area contributed by atoms with E-state index in [9.17, 15) is 0 Å². The fraction of sp³-hybridized carbons (Fsp3) is 0.250. The second-order valence-electron chi connectivity index (χ2n) is 4.57. The van der Waals surface area contributed by atoms with E-state index in [1.165, 1.54) is 0 Å². The standard InChI is InChI=1S/C16H19ClN2O/c1-3-20-15-7-5-4-6-14(15)16(19-18)13-9-8-12(17)10-11(13)2/h4-10,16,19H,3,18H2,1-2H3. The van der Waals surface area contributed by atoms with Crippen LogP contribution in [0.4, 0.5) is 0 Å². The van der Waals surface area contributed by atoms with Crippen LogP contribution in [0.3, 0.4) is 0 Å². The number of hydrazine groups is 1. The van der Waals surface area contributed by atoms with Gasteiger partial charge in [0.2, 0.25) is 0 Å². The Labute approximate surface area is 124 Å². The third-order valence-electron chi connectivity index (χ3n) is 3.24. The fourth-order valence-corrected chi connectivity index (χ4v) is 2.54. The van der Waals surface area contributed by atoms with Crippen LogP contribution in [0, 0.1) is 6.92 Å². The molecule has 0 aliphatic rings. The average Bonchev–Trinajstić information content (AvgIpc) is 2.44. The van der Waals surface area contributed by atoms with E-state index in [0.29, 0.717) is 6.61 Å². The van der Waals surface area contributed by atoms with Crippen molar-refractivity contribution < 1.29 is 4.74 Å². The SMILES string of the molecule is CCOc1ccccc1C(NN)c1ccc(Cl)cc1C. The second-order valence-corrected chi connectivity index (χ2v) is 5.01. The minimum Gasteiger partial charge on any atom is -0.494 e. The number of ether oxygens (including phenoxy) is 1. The van der Waals surface area contributed by atoms with Crippen LogP contribution < -0.4 is 16.0 Å². The fourth-order valence-electron chi connectivity index (χ4n) is 2.32. The van der Waals surface area contributed by atoms with Crippen molar-refractivity contribution in [2.75, 3.05) is 6.61 Å². The average molecular weight is 291 g/mol. The molecule has 106 valence electrons. The molecule has 2 aromatic rings. The van der Waals surface area contributed by atoms with Gasteiger partial charge >= 0.3 is 0 Å². The lowest BCUT2D eigenvalue weighted by Gasteiger charge is -2.21. The highest BCUT2D eigenvalue weighted by Gasteiger charge is 2.18. The quantitative estimate of drug-likeness (QED) is 0.653. The van der Waals surface area contributed by atoms with Gasteiger partial charge in [-0.05, 0) is 43.2 Å². The molecule has 2 aromatic carbocycles. The highest BCUT2D eigenvalue weighted by atomic mass is 35.5. The maximum Gasteiger partial charge on any atom is 0.124 e. The van der Waals surface area contributed by atoms with Crippen molar-refractivity contribution in [3.8, 4) is 5.75 Å². The van der Waals surface area contributed by atoms with Crippen LogP contribution >= 0.6 is 11.6 Å². The lowest BCUT2D eigenvalue weighted by molar-refractivity contribution is 0.333. The molecule has 0 bridgehead atoms. The molecule has 0 aliphatic carbocycles. The van der Waals surface area contributed by atoms with Gasteiger partial charge in [0.15, 0.2) is 0 Å². The molecule has 0 fully saturated rings. The van der Waals surface area contributed by atoms with Crippen LogP contribution in [0.5, 0.6) is 5.75 Å². The van der Waals surface area contributed by atoms with Gasteiger partial charge in [-0.15, -0.1) is 0 Å². The van der Waals surface area contributed by atoms with Gasteiger partial charge in [-0.25, -0.2) is 5.43 Å². The van der Waals surface area contributed by atoms with Crippen molar-refractivity contribution in [1.29, 1.82) is 0 Å². The summed E-state index contributed by atoms with van der Waals surface area (Å²) in [5.41, 5.74) is 6.06. The van der Waals surface area contributed by atoms with E-state index in [1.54, 1.807) is 0 Å². The molecular weight excluding hydrogens is 272 g/mol. The van der Waals surface area contributed by atoms with Crippen LogP contribution in [0.15, 0.2) is 42.5 Å². The molecule has 0 aromatic heterocycles. The highest BCUT2D eigenvalue weighted by Crippen LogP contribution is 2.32. The number of hydrogen-bond acceptors (Lipinski definition) is 3. The lowest BCUT2D eigenvalue weighted by Crippen LogP contribution is -2.29. The summed E-state index contributed by atoms with van der Waals surface area (Å²) in [6, 6.07) is 13.6. The Morgan fingerprint density at radius 1 is 1.20 bits per heavy atom. The number of nitrogens with two attached hydrogens (primary N) is 1. The smallest absolute Gasteiger partial charge is 0.124 e. The van der Waals surface area contributed by atoms with Crippen LogP contribution in [0.25, 0.3) is 0 Å². The normalized spacial score (nSPS) is 12.2. The maximum absolute atomic E-state index is 6.02. The molecule has 4 heteroatoms. The predicted octanol–water partition coefficient (Wildman–Crippen LogP) is 3.60. The number of benzene rings is 2. The Hall–Kier alpha value is -1.55. The lowest BCUT2D eigenvalue weighted by atomic mass is 9.95. The zero-order chi connectivity index (χ0) is 14.5. The number of aryl methyl sites for hydroxylation is 1. The summed E-state index contributed by atoms with van der Waals surface area (Å²) in [6.07, 6.45) is 0. The van der Waals surface area contributed by atoms with E-state index >= 15 is 0 Å². The molecule has 1 unspecified atom stereocenters. The van der Waals surface area contributed by atoms with E-state index in [0.717, 1.165) is 27.5 Å². The minimum atomic E-state index is -0.130. The van der Waals surface area contributed by atoms with Crippen LogP contribution in [-0.2, 0) is 0 Å². The van der Waals surface area contributed by atoms with Crippen molar-refractivity contribution in [2.24, 2.45) is 5.84 Å². The topological polar surface area (TPSA) is 47.3 Å². The molecule has 0 amide bonds. The van der Waals surface area contributed by atoms with Crippen molar-refractivity contribution in [3.05, 3.63) is 64.2 Å².